The van der Waals surface area contributed by atoms with Gasteiger partial charge in [0, 0.05) is 36.0 Å². The van der Waals surface area contributed by atoms with Gasteiger partial charge in [0.15, 0.2) is 11.6 Å². The van der Waals surface area contributed by atoms with Crippen molar-refractivity contribution in [3.8, 4) is 0 Å². The van der Waals surface area contributed by atoms with E-state index in [1.54, 1.807) is 0 Å². The van der Waals surface area contributed by atoms with Crippen molar-refractivity contribution in [2.24, 2.45) is 5.92 Å². The van der Waals surface area contributed by atoms with E-state index < -0.39 is 40.3 Å². The molecule has 0 aromatic heterocycles. The van der Waals surface area contributed by atoms with Crippen molar-refractivity contribution >= 4 is 21.6 Å². The molecule has 0 radical (unpaired) electrons. The molecule has 1 saturated heterocycles. The first-order chi connectivity index (χ1) is 14.6. The van der Waals surface area contributed by atoms with E-state index in [0.29, 0.717) is 12.8 Å². The summed E-state index contributed by atoms with van der Waals surface area (Å²) in [6.45, 7) is 0.841. The van der Waals surface area contributed by atoms with Gasteiger partial charge in [0.1, 0.15) is 6.67 Å². The summed E-state index contributed by atoms with van der Waals surface area (Å²) in [7, 11) is -4.19. The molecule has 3 rings (SSSR count). The summed E-state index contributed by atoms with van der Waals surface area (Å²) in [5, 5.41) is 12.4. The van der Waals surface area contributed by atoms with Gasteiger partial charge in [-0.05, 0) is 43.0 Å². The Balaban J connectivity index is 1.94. The van der Waals surface area contributed by atoms with Crippen LogP contribution in [0.4, 0.5) is 18.9 Å². The number of anilines is 1. The van der Waals surface area contributed by atoms with Gasteiger partial charge in [-0.3, -0.25) is 4.79 Å². The molecule has 0 bridgehead atoms. The molecular formula is C21H23F3N2O4S. The van der Waals surface area contributed by atoms with Crippen LogP contribution in [0.2, 0.25) is 0 Å². The minimum Gasteiger partial charge on any atom is -0.392 e. The third-order valence-electron chi connectivity index (χ3n) is 5.19. The SMILES string of the molecule is CC1CCC(O)CN(S(=O)(=O)c2cc(C(=O)Nc3ccc(F)c(F)c3)ccc2CF)C1. The molecule has 1 amide bonds. The first-order valence-electron chi connectivity index (χ1n) is 9.75. The zero-order chi connectivity index (χ0) is 22.8. The number of carbonyl (C=O) groups is 1. The normalized spacial score (nSPS) is 20.3. The summed E-state index contributed by atoms with van der Waals surface area (Å²) in [5.74, 6) is -2.99. The van der Waals surface area contributed by atoms with Gasteiger partial charge in [-0.1, -0.05) is 13.0 Å². The standard InChI is InChI=1S/C21H23F3N2O4S/c1-13-2-6-17(27)12-26(11-13)31(29,30)20-8-14(3-4-15(20)10-22)21(28)25-16-5-7-18(23)19(24)9-16/h3-5,7-9,13,17,27H,2,6,10-12H2,1H3,(H,25,28). The number of carbonyl (C=O) groups excluding carboxylic acids is 1. The van der Waals surface area contributed by atoms with E-state index in [9.17, 15) is 31.5 Å². The Morgan fingerprint density at radius 3 is 2.55 bits per heavy atom. The fourth-order valence-electron chi connectivity index (χ4n) is 3.48. The van der Waals surface area contributed by atoms with Crippen molar-refractivity contribution in [1.29, 1.82) is 0 Å². The lowest BCUT2D eigenvalue weighted by Crippen LogP contribution is -2.38. The summed E-state index contributed by atoms with van der Waals surface area (Å²) < 4.78 is 67.6. The highest BCUT2D eigenvalue weighted by Gasteiger charge is 2.32. The van der Waals surface area contributed by atoms with Crippen LogP contribution in [-0.4, -0.2) is 42.9 Å². The number of hydrogen-bond acceptors (Lipinski definition) is 4. The Hall–Kier alpha value is -2.43. The quantitative estimate of drug-likeness (QED) is 0.722. The van der Waals surface area contributed by atoms with Crippen LogP contribution >= 0.6 is 0 Å². The maximum atomic E-state index is 13.6. The minimum atomic E-state index is -4.19. The number of sulfonamides is 1. The van der Waals surface area contributed by atoms with Crippen molar-refractivity contribution < 1.29 is 31.5 Å². The Bertz CT molecular complexity index is 1070. The van der Waals surface area contributed by atoms with Crippen LogP contribution in [0.5, 0.6) is 0 Å². The first-order valence-corrected chi connectivity index (χ1v) is 11.2. The molecule has 2 aromatic rings. The number of rotatable bonds is 5. The largest absolute Gasteiger partial charge is 0.392 e. The maximum absolute atomic E-state index is 13.6. The Morgan fingerprint density at radius 2 is 1.87 bits per heavy atom. The Labute approximate surface area is 178 Å². The monoisotopic (exact) mass is 456 g/mol. The number of aliphatic hydroxyl groups excluding tert-OH is 1. The summed E-state index contributed by atoms with van der Waals surface area (Å²) in [5.41, 5.74) is -0.230. The lowest BCUT2D eigenvalue weighted by atomic mass is 10.1. The second-order valence-electron chi connectivity index (χ2n) is 7.70. The number of amides is 1. The molecule has 6 nitrogen and oxygen atoms in total. The van der Waals surface area contributed by atoms with Crippen molar-refractivity contribution in [2.45, 2.75) is 37.4 Å². The van der Waals surface area contributed by atoms with Gasteiger partial charge < -0.3 is 10.4 Å². The average Bonchev–Trinajstić information content (AvgIpc) is 2.91. The molecule has 10 heteroatoms. The maximum Gasteiger partial charge on any atom is 0.255 e. The Morgan fingerprint density at radius 1 is 1.13 bits per heavy atom. The predicted octanol–water partition coefficient (Wildman–Crippen LogP) is 3.47. The van der Waals surface area contributed by atoms with Crippen LogP contribution in [-0.2, 0) is 16.7 Å². The molecule has 1 heterocycles. The van der Waals surface area contributed by atoms with Gasteiger partial charge >= 0.3 is 0 Å². The van der Waals surface area contributed by atoms with Crippen LogP contribution in [0.25, 0.3) is 0 Å². The van der Waals surface area contributed by atoms with Gasteiger partial charge in [0.05, 0.1) is 11.0 Å². The molecule has 1 aliphatic heterocycles. The van der Waals surface area contributed by atoms with Crippen LogP contribution < -0.4 is 5.32 Å². The van der Waals surface area contributed by atoms with E-state index in [0.717, 1.165) is 28.6 Å². The third kappa shape index (κ3) is 5.25. The number of aliphatic hydroxyl groups is 1. The van der Waals surface area contributed by atoms with Crippen LogP contribution in [0.1, 0.15) is 35.7 Å². The smallest absolute Gasteiger partial charge is 0.255 e. The van der Waals surface area contributed by atoms with Crippen LogP contribution in [0, 0.1) is 17.6 Å². The lowest BCUT2D eigenvalue weighted by Gasteiger charge is -2.24. The second kappa shape index (κ2) is 9.37. The van der Waals surface area contributed by atoms with E-state index in [1.807, 2.05) is 6.92 Å². The topological polar surface area (TPSA) is 86.7 Å². The third-order valence-corrected chi connectivity index (χ3v) is 7.10. The molecular weight excluding hydrogens is 433 g/mol. The molecule has 1 fully saturated rings. The van der Waals surface area contributed by atoms with E-state index in [4.69, 9.17) is 0 Å². The molecule has 0 aliphatic carbocycles. The zero-order valence-electron chi connectivity index (χ0n) is 16.8. The van der Waals surface area contributed by atoms with Crippen molar-refractivity contribution in [3.05, 3.63) is 59.2 Å². The Kier molecular flexibility index (Phi) is 7.03. The van der Waals surface area contributed by atoms with Gasteiger partial charge in [0.2, 0.25) is 10.0 Å². The molecule has 0 spiro atoms. The molecule has 2 unspecified atom stereocenters. The highest BCUT2D eigenvalue weighted by atomic mass is 32.2. The summed E-state index contributed by atoms with van der Waals surface area (Å²) >= 11 is 0. The number of hydrogen-bond donors (Lipinski definition) is 2. The highest BCUT2D eigenvalue weighted by Crippen LogP contribution is 2.27. The molecule has 2 N–H and O–H groups in total. The van der Waals surface area contributed by atoms with E-state index in [1.165, 1.54) is 12.1 Å². The molecule has 1 aliphatic rings. The van der Waals surface area contributed by atoms with Gasteiger partial charge in [-0.15, -0.1) is 0 Å². The average molecular weight is 456 g/mol. The number of β-amino-alcohol motifs (C(OH)–C–C–N with tert-alkyl or cyclic N) is 1. The van der Waals surface area contributed by atoms with Crippen molar-refractivity contribution in [3.63, 3.8) is 0 Å². The van der Waals surface area contributed by atoms with Gasteiger partial charge in [0.25, 0.3) is 5.91 Å². The number of nitrogens with zero attached hydrogens (tertiary/aromatic N) is 1. The predicted molar refractivity (Wildman–Crippen MR) is 109 cm³/mol. The molecule has 2 atom stereocenters. The fraction of sp³-hybridized carbons (Fsp3) is 0.381. The number of halogens is 3. The summed E-state index contributed by atoms with van der Waals surface area (Å²) in [4.78, 5) is 12.2. The zero-order valence-corrected chi connectivity index (χ0v) is 17.6. The minimum absolute atomic E-state index is 0.000561. The summed E-state index contributed by atoms with van der Waals surface area (Å²) in [6.07, 6.45) is 0.271. The number of nitrogens with one attached hydrogen (secondary N) is 1. The van der Waals surface area contributed by atoms with Crippen LogP contribution in [0.3, 0.4) is 0 Å². The number of benzene rings is 2. The fourth-order valence-corrected chi connectivity index (χ4v) is 5.30. The second-order valence-corrected chi connectivity index (χ2v) is 9.60. The molecule has 2 aromatic carbocycles. The van der Waals surface area contributed by atoms with Gasteiger partial charge in [-0.2, -0.15) is 4.31 Å². The van der Waals surface area contributed by atoms with Crippen molar-refractivity contribution in [2.75, 3.05) is 18.4 Å². The highest BCUT2D eigenvalue weighted by molar-refractivity contribution is 7.89. The molecule has 31 heavy (non-hydrogen) atoms. The van der Waals surface area contributed by atoms with E-state index in [2.05, 4.69) is 5.32 Å². The first kappa shape index (κ1) is 23.2. The lowest BCUT2D eigenvalue weighted by molar-refractivity contribution is 0.102. The van der Waals surface area contributed by atoms with E-state index in [-0.39, 0.29) is 40.7 Å². The van der Waals surface area contributed by atoms with E-state index >= 15 is 0 Å². The van der Waals surface area contributed by atoms with Crippen molar-refractivity contribution in [1.82, 2.24) is 4.31 Å². The van der Waals surface area contributed by atoms with Gasteiger partial charge in [-0.25, -0.2) is 21.6 Å². The molecule has 168 valence electrons. The van der Waals surface area contributed by atoms with Crippen LogP contribution in [0.15, 0.2) is 41.3 Å². The summed E-state index contributed by atoms with van der Waals surface area (Å²) in [6, 6.07) is 6.30. The number of alkyl halides is 1. The molecule has 0 saturated carbocycles.